The molecule has 12 nitrogen and oxygen atoms in total. The maximum absolute atomic E-state index is 12.5. The maximum Gasteiger partial charge on any atom is 0.488 e. The Kier molecular flexibility index (Phi) is 7.40. The maximum atomic E-state index is 12.5. The molecule has 172 valence electrons. The Bertz CT molecular complexity index is 992. The van der Waals surface area contributed by atoms with Gasteiger partial charge in [-0.2, -0.15) is 0 Å². The SMILES string of the molecule is CCn1c[n+](C2OC(CO[P+](=O)[O-])C(OC(C)C)C2OC(C)C)c2nc(N)[nH]c(=O)c21. The molecule has 0 aliphatic carbocycles. The molecular formula is C18H29N5O7P+. The number of aryl methyl sites for hydroxylation is 1. The van der Waals surface area contributed by atoms with Gasteiger partial charge < -0.3 is 24.8 Å². The monoisotopic (exact) mass is 458 g/mol. The Balaban J connectivity index is 2.11. The lowest BCUT2D eigenvalue weighted by molar-refractivity contribution is -0.746. The predicted octanol–water partition coefficient (Wildman–Crippen LogP) is 0.133. The van der Waals surface area contributed by atoms with E-state index in [-0.39, 0.29) is 30.3 Å². The molecule has 1 aliphatic rings. The summed E-state index contributed by atoms with van der Waals surface area (Å²) in [4.78, 5) is 30.3. The first-order chi connectivity index (χ1) is 14.6. The fourth-order valence-electron chi connectivity index (χ4n) is 3.74. The second-order valence-corrected chi connectivity index (χ2v) is 8.52. The molecule has 3 heterocycles. The molecule has 0 spiro atoms. The van der Waals surface area contributed by atoms with E-state index in [2.05, 4.69) is 9.97 Å². The Labute approximate surface area is 180 Å². The molecule has 13 heteroatoms. The number of imidazole rings is 1. The highest BCUT2D eigenvalue weighted by molar-refractivity contribution is 7.30. The molecule has 2 aromatic rings. The second-order valence-electron chi connectivity index (χ2n) is 7.82. The van der Waals surface area contributed by atoms with Crippen LogP contribution < -0.4 is 20.8 Å². The van der Waals surface area contributed by atoms with Gasteiger partial charge in [0.15, 0.2) is 6.33 Å². The van der Waals surface area contributed by atoms with Crippen molar-refractivity contribution in [2.75, 3.05) is 12.3 Å². The van der Waals surface area contributed by atoms with Crippen molar-refractivity contribution >= 4 is 25.4 Å². The van der Waals surface area contributed by atoms with Crippen LogP contribution >= 0.6 is 8.25 Å². The number of nitrogens with one attached hydrogen (secondary N) is 1. The van der Waals surface area contributed by atoms with Gasteiger partial charge in [-0.1, -0.05) is 4.98 Å². The summed E-state index contributed by atoms with van der Waals surface area (Å²) < 4.78 is 37.6. The minimum absolute atomic E-state index is 0.0300. The largest absolute Gasteiger partial charge is 0.566 e. The molecular weight excluding hydrogens is 429 g/mol. The lowest BCUT2D eigenvalue weighted by Crippen LogP contribution is -2.49. The van der Waals surface area contributed by atoms with Gasteiger partial charge in [0.2, 0.25) is 11.7 Å². The van der Waals surface area contributed by atoms with E-state index in [1.165, 1.54) is 0 Å². The van der Waals surface area contributed by atoms with Gasteiger partial charge in [-0.25, -0.2) is 4.57 Å². The zero-order valence-corrected chi connectivity index (χ0v) is 19.1. The average molecular weight is 458 g/mol. The summed E-state index contributed by atoms with van der Waals surface area (Å²) in [5.74, 6) is -0.0300. The summed E-state index contributed by atoms with van der Waals surface area (Å²) in [5.41, 5.74) is 6.08. The van der Waals surface area contributed by atoms with E-state index >= 15 is 0 Å². The standard InChI is InChI=1S/C18H28N5O7P/c1-6-22-8-23(15-12(22)16(24)21-18(19)20-15)17-14(29-10(4)5)13(28-9(2)3)11(30-17)7-27-31(25)26/h8-11,13-14,17H,6-7H2,1-5H3,(H2-,19,20,21,24)/p+1. The molecule has 0 aromatic carbocycles. The van der Waals surface area contributed by atoms with Crippen LogP contribution in [-0.4, -0.2) is 51.7 Å². The fraction of sp³-hybridized carbons (Fsp3) is 0.722. The number of anilines is 1. The molecule has 1 saturated heterocycles. The summed E-state index contributed by atoms with van der Waals surface area (Å²) in [5, 5.41) is 0. The van der Waals surface area contributed by atoms with Gasteiger partial charge in [0, 0.05) is 0 Å². The van der Waals surface area contributed by atoms with Gasteiger partial charge in [-0.3, -0.25) is 14.3 Å². The van der Waals surface area contributed by atoms with Crippen LogP contribution in [0.1, 0.15) is 40.8 Å². The number of ether oxygens (including phenoxy) is 3. The zero-order valence-electron chi connectivity index (χ0n) is 18.2. The fourth-order valence-corrected chi connectivity index (χ4v) is 4.01. The number of hydrogen-bond donors (Lipinski definition) is 2. The van der Waals surface area contributed by atoms with Crippen LogP contribution in [0.25, 0.3) is 11.2 Å². The highest BCUT2D eigenvalue weighted by Crippen LogP contribution is 2.34. The van der Waals surface area contributed by atoms with Crippen molar-refractivity contribution in [1.29, 1.82) is 0 Å². The molecule has 3 N–H and O–H groups in total. The van der Waals surface area contributed by atoms with E-state index in [4.69, 9.17) is 24.5 Å². The topological polar surface area (TPSA) is 158 Å². The smallest absolute Gasteiger partial charge is 0.488 e. The third kappa shape index (κ3) is 5.11. The number of nitrogens with two attached hydrogens (primary N) is 1. The minimum Gasteiger partial charge on any atom is -0.566 e. The predicted molar refractivity (Wildman–Crippen MR) is 108 cm³/mol. The molecule has 0 radical (unpaired) electrons. The van der Waals surface area contributed by atoms with Gasteiger partial charge in [-0.05, 0) is 39.2 Å². The Morgan fingerprint density at radius 3 is 2.55 bits per heavy atom. The first-order valence-electron chi connectivity index (χ1n) is 10.2. The van der Waals surface area contributed by atoms with Crippen molar-refractivity contribution in [3.63, 3.8) is 0 Å². The highest BCUT2D eigenvalue weighted by atomic mass is 31.1. The van der Waals surface area contributed by atoms with Crippen LogP contribution in [0.2, 0.25) is 0 Å². The molecule has 5 unspecified atom stereocenters. The zero-order chi connectivity index (χ0) is 22.9. The number of nitrogens with zero attached hydrogens (tertiary/aromatic N) is 3. The van der Waals surface area contributed by atoms with E-state index < -0.39 is 32.8 Å². The van der Waals surface area contributed by atoms with Gasteiger partial charge in [-0.15, -0.1) is 4.52 Å². The van der Waals surface area contributed by atoms with E-state index in [1.807, 2.05) is 34.6 Å². The first-order valence-corrected chi connectivity index (χ1v) is 11.2. The number of aromatic amines is 1. The van der Waals surface area contributed by atoms with Crippen LogP contribution in [0, 0.1) is 0 Å². The van der Waals surface area contributed by atoms with Crippen molar-refractivity contribution in [3.05, 3.63) is 16.7 Å². The van der Waals surface area contributed by atoms with Gasteiger partial charge >= 0.3 is 13.9 Å². The van der Waals surface area contributed by atoms with Crippen molar-refractivity contribution in [2.45, 2.75) is 77.9 Å². The third-order valence-corrected chi connectivity index (χ3v) is 5.15. The van der Waals surface area contributed by atoms with Crippen molar-refractivity contribution < 1.29 is 32.8 Å². The van der Waals surface area contributed by atoms with E-state index in [1.54, 1.807) is 15.5 Å². The summed E-state index contributed by atoms with van der Waals surface area (Å²) in [6.07, 6.45) is -1.36. The van der Waals surface area contributed by atoms with Crippen molar-refractivity contribution in [2.24, 2.45) is 0 Å². The van der Waals surface area contributed by atoms with Crippen LogP contribution in [0.4, 0.5) is 5.95 Å². The Morgan fingerprint density at radius 1 is 1.32 bits per heavy atom. The Hall–Kier alpha value is -1.95. The number of aromatic nitrogens is 4. The molecule has 2 aromatic heterocycles. The van der Waals surface area contributed by atoms with Gasteiger partial charge in [0.1, 0.15) is 24.9 Å². The molecule has 0 amide bonds. The summed E-state index contributed by atoms with van der Waals surface area (Å²) in [6, 6.07) is 0. The molecule has 5 atom stereocenters. The molecule has 31 heavy (non-hydrogen) atoms. The van der Waals surface area contributed by atoms with Crippen LogP contribution in [-0.2, 0) is 29.8 Å². The van der Waals surface area contributed by atoms with E-state index in [0.717, 1.165) is 0 Å². The van der Waals surface area contributed by atoms with Crippen LogP contribution in [0.15, 0.2) is 11.1 Å². The molecule has 0 saturated carbocycles. The normalized spacial score (nSPS) is 24.6. The van der Waals surface area contributed by atoms with Gasteiger partial charge in [0.05, 0.1) is 18.8 Å². The molecule has 0 bridgehead atoms. The quantitative estimate of drug-likeness (QED) is 0.394. The second kappa shape index (κ2) is 9.68. The van der Waals surface area contributed by atoms with E-state index in [9.17, 15) is 14.3 Å². The lowest BCUT2D eigenvalue weighted by Gasteiger charge is -2.26. The Morgan fingerprint density at radius 2 is 1.97 bits per heavy atom. The summed E-state index contributed by atoms with van der Waals surface area (Å²) >= 11 is 0. The third-order valence-electron chi connectivity index (χ3n) is 4.79. The molecule has 1 fully saturated rings. The summed E-state index contributed by atoms with van der Waals surface area (Å²) in [7, 11) is -3.05. The number of rotatable bonds is 9. The first kappa shape index (κ1) is 23.7. The van der Waals surface area contributed by atoms with Gasteiger partial charge in [0.25, 0.3) is 11.5 Å². The molecule has 3 rings (SSSR count). The average Bonchev–Trinajstić information content (AvgIpc) is 3.18. The van der Waals surface area contributed by atoms with Crippen molar-refractivity contribution in [1.82, 2.24) is 14.5 Å². The number of H-pyrrole nitrogens is 1. The van der Waals surface area contributed by atoms with E-state index in [0.29, 0.717) is 17.7 Å². The number of nitrogen functional groups attached to an aromatic ring is 1. The van der Waals surface area contributed by atoms with Crippen molar-refractivity contribution in [3.8, 4) is 0 Å². The number of fused-ring (bicyclic) bond motifs is 1. The molecule has 1 aliphatic heterocycles. The van der Waals surface area contributed by atoms with Crippen LogP contribution in [0.5, 0.6) is 0 Å². The number of hydrogen-bond acceptors (Lipinski definition) is 9. The highest BCUT2D eigenvalue weighted by Gasteiger charge is 2.51. The van der Waals surface area contributed by atoms with Crippen LogP contribution in [0.3, 0.4) is 0 Å². The lowest BCUT2D eigenvalue weighted by atomic mass is 10.1. The minimum atomic E-state index is -3.05. The summed E-state index contributed by atoms with van der Waals surface area (Å²) in [6.45, 7) is 9.66.